The van der Waals surface area contributed by atoms with E-state index in [9.17, 15) is 26.3 Å². The van der Waals surface area contributed by atoms with Crippen LogP contribution >= 0.6 is 23.5 Å². The van der Waals surface area contributed by atoms with Crippen molar-refractivity contribution < 1.29 is 26.3 Å². The molecule has 0 aliphatic carbocycles. The third-order valence-corrected chi connectivity index (χ3v) is 13.2. The lowest BCUT2D eigenvalue weighted by atomic mass is 9.77. The standard InChI is InChI=1S/C50H38F6N2S2/c1-29(2)43-45(31-15-13-17-33(27-31)49(51,52)53)47(57-35-19-5-9-23-39(35)59-40-24-10-6-20-36(40)57)44(30(3)4)48(46(43)32-16-14-18-34(28-32)50(54,55)56)58-37-21-7-11-25-41(37)60-42-26-12-8-22-38(42)58/h5-30H,1-4H3. The van der Waals surface area contributed by atoms with Crippen molar-refractivity contribution in [2.45, 2.75) is 71.5 Å². The Kier molecular flexibility index (Phi) is 10.1. The minimum Gasteiger partial charge on any atom is -0.307 e. The third-order valence-electron chi connectivity index (χ3n) is 10.9. The minimum absolute atomic E-state index is 0.312. The van der Waals surface area contributed by atoms with E-state index in [1.54, 1.807) is 35.7 Å². The smallest absolute Gasteiger partial charge is 0.307 e. The van der Waals surface area contributed by atoms with Gasteiger partial charge in [0.1, 0.15) is 0 Å². The van der Waals surface area contributed by atoms with Crippen molar-refractivity contribution in [1.82, 2.24) is 0 Å². The van der Waals surface area contributed by atoms with Crippen molar-refractivity contribution in [3.05, 3.63) is 168 Å². The summed E-state index contributed by atoms with van der Waals surface area (Å²) in [6.07, 6.45) is -9.31. The van der Waals surface area contributed by atoms with Crippen LogP contribution in [-0.4, -0.2) is 0 Å². The molecule has 0 saturated carbocycles. The van der Waals surface area contributed by atoms with Crippen LogP contribution in [0.4, 0.5) is 60.5 Å². The average molecular weight is 845 g/mol. The Morgan fingerprint density at radius 3 is 1.02 bits per heavy atom. The van der Waals surface area contributed by atoms with Gasteiger partial charge >= 0.3 is 12.4 Å². The first kappa shape index (κ1) is 39.9. The molecule has 0 saturated heterocycles. The molecular weight excluding hydrogens is 807 g/mol. The van der Waals surface area contributed by atoms with Gasteiger partial charge in [-0.25, -0.2) is 0 Å². The predicted molar refractivity (Wildman–Crippen MR) is 233 cm³/mol. The Morgan fingerprint density at radius 1 is 0.400 bits per heavy atom. The van der Waals surface area contributed by atoms with E-state index in [0.29, 0.717) is 39.2 Å². The van der Waals surface area contributed by atoms with E-state index in [4.69, 9.17) is 0 Å². The number of hydrogen-bond acceptors (Lipinski definition) is 4. The van der Waals surface area contributed by atoms with Crippen molar-refractivity contribution in [1.29, 1.82) is 0 Å². The number of alkyl halides is 6. The summed E-state index contributed by atoms with van der Waals surface area (Å²) in [5, 5.41) is 0. The van der Waals surface area contributed by atoms with Crippen LogP contribution in [0.15, 0.2) is 165 Å². The maximum Gasteiger partial charge on any atom is 0.416 e. The van der Waals surface area contributed by atoms with Gasteiger partial charge in [-0.05, 0) is 101 Å². The molecule has 0 atom stereocenters. The first-order valence-electron chi connectivity index (χ1n) is 19.6. The SMILES string of the molecule is CC(C)c1c(-c2cccc(C(F)(F)F)c2)c(N2c3ccccc3Sc3ccccc32)c(C(C)C)c(N2c3ccccc3Sc3ccccc32)c1-c1cccc(C(F)(F)F)c1. The molecular formula is C50H38F6N2S2. The van der Waals surface area contributed by atoms with Crippen LogP contribution < -0.4 is 9.80 Å². The van der Waals surface area contributed by atoms with Gasteiger partial charge in [-0.15, -0.1) is 0 Å². The number of fused-ring (bicyclic) bond motifs is 4. The molecule has 7 aromatic rings. The van der Waals surface area contributed by atoms with Gasteiger partial charge in [0.2, 0.25) is 0 Å². The second-order valence-electron chi connectivity index (χ2n) is 15.5. The summed E-state index contributed by atoms with van der Waals surface area (Å²) in [6, 6.07) is 42.6. The van der Waals surface area contributed by atoms with E-state index in [0.717, 1.165) is 60.0 Å². The fourth-order valence-electron chi connectivity index (χ4n) is 8.53. The van der Waals surface area contributed by atoms with Gasteiger partial charge in [-0.2, -0.15) is 26.3 Å². The van der Waals surface area contributed by atoms with E-state index < -0.39 is 29.4 Å². The molecule has 10 heteroatoms. The van der Waals surface area contributed by atoms with Crippen LogP contribution in [0.5, 0.6) is 0 Å². The van der Waals surface area contributed by atoms with E-state index in [-0.39, 0.29) is 5.92 Å². The van der Waals surface area contributed by atoms with Crippen LogP contribution in [-0.2, 0) is 12.4 Å². The number of halogens is 6. The molecule has 0 spiro atoms. The molecule has 302 valence electrons. The van der Waals surface area contributed by atoms with Gasteiger partial charge < -0.3 is 9.80 Å². The second-order valence-corrected chi connectivity index (χ2v) is 17.7. The molecule has 0 bridgehead atoms. The van der Waals surface area contributed by atoms with Crippen LogP contribution in [0.2, 0.25) is 0 Å². The molecule has 0 amide bonds. The topological polar surface area (TPSA) is 6.48 Å². The normalized spacial score (nSPS) is 13.6. The molecule has 0 fully saturated rings. The largest absolute Gasteiger partial charge is 0.416 e. The van der Waals surface area contributed by atoms with E-state index in [1.807, 2.05) is 111 Å². The first-order chi connectivity index (χ1) is 28.7. The number of nitrogens with zero attached hydrogens (tertiary/aromatic N) is 2. The number of rotatable bonds is 6. The highest BCUT2D eigenvalue weighted by Gasteiger charge is 2.40. The van der Waals surface area contributed by atoms with Crippen molar-refractivity contribution in [2.24, 2.45) is 0 Å². The summed E-state index contributed by atoms with van der Waals surface area (Å²) in [6.45, 7) is 8.04. The minimum atomic E-state index is -4.65. The Bertz CT molecular complexity index is 2520. The quantitative estimate of drug-likeness (QED) is 0.154. The zero-order valence-corrected chi connectivity index (χ0v) is 34.6. The Hall–Kier alpha value is -5.58. The van der Waals surface area contributed by atoms with Crippen LogP contribution in [0.3, 0.4) is 0 Å². The monoisotopic (exact) mass is 844 g/mol. The van der Waals surface area contributed by atoms with E-state index in [1.165, 1.54) is 24.3 Å². The highest BCUT2D eigenvalue weighted by atomic mass is 32.2. The van der Waals surface area contributed by atoms with Gasteiger partial charge in [-0.3, -0.25) is 0 Å². The van der Waals surface area contributed by atoms with Crippen molar-refractivity contribution in [3.63, 3.8) is 0 Å². The second kappa shape index (κ2) is 15.2. The zero-order chi connectivity index (χ0) is 42.1. The Morgan fingerprint density at radius 2 is 0.717 bits per heavy atom. The maximum absolute atomic E-state index is 14.8. The van der Waals surface area contributed by atoms with Gasteiger partial charge in [0, 0.05) is 36.3 Å². The number of para-hydroxylation sites is 4. The summed E-state index contributed by atoms with van der Waals surface area (Å²) < 4.78 is 88.6. The molecule has 9 rings (SSSR count). The molecule has 2 aliphatic rings. The highest BCUT2D eigenvalue weighted by Crippen LogP contribution is 2.63. The fourth-order valence-corrected chi connectivity index (χ4v) is 10.6. The Balaban J connectivity index is 1.57. The Labute approximate surface area is 353 Å². The summed E-state index contributed by atoms with van der Waals surface area (Å²) in [5.41, 5.74) is 6.18. The summed E-state index contributed by atoms with van der Waals surface area (Å²) in [5.74, 6) is -0.708. The van der Waals surface area contributed by atoms with E-state index in [2.05, 4.69) is 23.6 Å². The summed E-state index contributed by atoms with van der Waals surface area (Å²) in [7, 11) is 0. The zero-order valence-electron chi connectivity index (χ0n) is 33.0. The molecule has 2 aliphatic heterocycles. The van der Waals surface area contributed by atoms with Gasteiger partial charge in [-0.1, -0.05) is 124 Å². The number of hydrogen-bond donors (Lipinski definition) is 0. The molecule has 60 heavy (non-hydrogen) atoms. The van der Waals surface area contributed by atoms with E-state index >= 15 is 0 Å². The molecule has 2 heterocycles. The average Bonchev–Trinajstić information content (AvgIpc) is 3.23. The van der Waals surface area contributed by atoms with Gasteiger partial charge in [0.25, 0.3) is 0 Å². The fraction of sp³-hybridized carbons (Fsp3) is 0.160. The first-order valence-corrected chi connectivity index (χ1v) is 21.3. The lowest BCUT2D eigenvalue weighted by molar-refractivity contribution is -0.138. The predicted octanol–water partition coefficient (Wildman–Crippen LogP) is 17.2. The molecule has 7 aromatic carbocycles. The molecule has 0 aromatic heterocycles. The van der Waals surface area contributed by atoms with Crippen LogP contribution in [0, 0.1) is 0 Å². The molecule has 2 nitrogen and oxygen atoms in total. The summed E-state index contributed by atoms with van der Waals surface area (Å²) in [4.78, 5) is 8.18. The van der Waals surface area contributed by atoms with Crippen LogP contribution in [0.25, 0.3) is 22.3 Å². The van der Waals surface area contributed by atoms with Gasteiger partial charge in [0.05, 0.1) is 45.3 Å². The van der Waals surface area contributed by atoms with Crippen molar-refractivity contribution in [3.8, 4) is 22.3 Å². The molecule has 0 radical (unpaired) electrons. The maximum atomic E-state index is 14.8. The van der Waals surface area contributed by atoms with Crippen molar-refractivity contribution in [2.75, 3.05) is 9.80 Å². The lowest BCUT2D eigenvalue weighted by Crippen LogP contribution is -2.24. The number of anilines is 6. The summed E-state index contributed by atoms with van der Waals surface area (Å²) >= 11 is 3.24. The molecule has 0 unspecified atom stereocenters. The number of benzene rings is 7. The van der Waals surface area contributed by atoms with Gasteiger partial charge in [0.15, 0.2) is 0 Å². The highest BCUT2D eigenvalue weighted by molar-refractivity contribution is 8.00. The van der Waals surface area contributed by atoms with Crippen molar-refractivity contribution >= 4 is 57.6 Å². The third kappa shape index (κ3) is 6.83. The molecule has 0 N–H and O–H groups in total. The lowest BCUT2D eigenvalue weighted by Gasteiger charge is -2.42. The van der Waals surface area contributed by atoms with Crippen LogP contribution in [0.1, 0.15) is 61.8 Å².